The average Bonchev–Trinajstić information content (AvgIpc) is 2.79. The summed E-state index contributed by atoms with van der Waals surface area (Å²) in [6.45, 7) is 8.26. The second-order valence-corrected chi connectivity index (χ2v) is 6.10. The van der Waals surface area contributed by atoms with Gasteiger partial charge in [0, 0.05) is 6.04 Å². The predicted molar refractivity (Wildman–Crippen MR) is 65.9 cm³/mol. The number of fused-ring (bicyclic) bond motifs is 2. The molecule has 2 fully saturated rings. The van der Waals surface area contributed by atoms with E-state index in [2.05, 4.69) is 26.1 Å². The Morgan fingerprint density at radius 3 is 2.47 bits per heavy atom. The summed E-state index contributed by atoms with van der Waals surface area (Å²) in [7, 11) is 0. The molecule has 0 radical (unpaired) electrons. The van der Waals surface area contributed by atoms with Gasteiger partial charge in [0.2, 0.25) is 0 Å². The van der Waals surface area contributed by atoms with E-state index >= 15 is 0 Å². The monoisotopic (exact) mass is 209 g/mol. The maximum absolute atomic E-state index is 3.80. The first-order chi connectivity index (χ1) is 7.20. The summed E-state index contributed by atoms with van der Waals surface area (Å²) >= 11 is 0. The molecule has 1 N–H and O–H groups in total. The summed E-state index contributed by atoms with van der Waals surface area (Å²) in [5.74, 6) is 3.97. The van der Waals surface area contributed by atoms with Crippen molar-refractivity contribution in [3.63, 3.8) is 0 Å². The number of hydrogen-bond acceptors (Lipinski definition) is 1. The number of hydrogen-bond donors (Lipinski definition) is 1. The highest BCUT2D eigenvalue weighted by Gasteiger charge is 2.39. The lowest BCUT2D eigenvalue weighted by atomic mass is 9.88. The molecule has 15 heavy (non-hydrogen) atoms. The van der Waals surface area contributed by atoms with E-state index in [9.17, 15) is 0 Å². The lowest BCUT2D eigenvalue weighted by Gasteiger charge is -2.27. The van der Waals surface area contributed by atoms with Crippen molar-refractivity contribution >= 4 is 0 Å². The van der Waals surface area contributed by atoms with Gasteiger partial charge in [-0.05, 0) is 55.9 Å². The second kappa shape index (κ2) is 4.86. The standard InChI is InChI=1S/C14H27N/c1-4-14(10(2)3)15-9-13-8-11-5-6-12(13)7-11/h10-15H,4-9H2,1-3H3. The van der Waals surface area contributed by atoms with Crippen LogP contribution in [0.2, 0.25) is 0 Å². The molecule has 0 aliphatic heterocycles. The molecule has 0 saturated heterocycles. The third-order valence-corrected chi connectivity index (χ3v) is 4.77. The third kappa shape index (κ3) is 2.55. The van der Waals surface area contributed by atoms with Crippen molar-refractivity contribution in [3.8, 4) is 0 Å². The molecule has 0 spiro atoms. The fourth-order valence-electron chi connectivity index (χ4n) is 3.78. The summed E-state index contributed by atoms with van der Waals surface area (Å²) in [5.41, 5.74) is 0. The van der Waals surface area contributed by atoms with Crippen LogP contribution >= 0.6 is 0 Å². The smallest absolute Gasteiger partial charge is 0.00875 e. The van der Waals surface area contributed by atoms with Gasteiger partial charge in [0.05, 0.1) is 0 Å². The van der Waals surface area contributed by atoms with Crippen LogP contribution < -0.4 is 5.32 Å². The molecule has 0 aromatic heterocycles. The predicted octanol–water partition coefficient (Wildman–Crippen LogP) is 3.45. The quantitative estimate of drug-likeness (QED) is 0.731. The Kier molecular flexibility index (Phi) is 3.71. The number of nitrogens with one attached hydrogen (secondary N) is 1. The Bertz CT molecular complexity index is 200. The number of rotatable bonds is 5. The van der Waals surface area contributed by atoms with Crippen LogP contribution in [-0.2, 0) is 0 Å². The lowest BCUT2D eigenvalue weighted by molar-refractivity contribution is 0.285. The molecular weight excluding hydrogens is 182 g/mol. The summed E-state index contributed by atoms with van der Waals surface area (Å²) in [5, 5.41) is 3.80. The highest BCUT2D eigenvalue weighted by Crippen LogP contribution is 2.47. The van der Waals surface area contributed by atoms with Crippen LogP contribution in [0.25, 0.3) is 0 Å². The van der Waals surface area contributed by atoms with E-state index in [0.717, 1.165) is 29.7 Å². The van der Waals surface area contributed by atoms with Gasteiger partial charge in [0.25, 0.3) is 0 Å². The molecule has 2 bridgehead atoms. The molecule has 4 unspecified atom stereocenters. The highest BCUT2D eigenvalue weighted by atomic mass is 14.9. The topological polar surface area (TPSA) is 12.0 Å². The Labute approximate surface area is 95.0 Å². The van der Waals surface area contributed by atoms with Crippen molar-refractivity contribution in [1.82, 2.24) is 5.32 Å². The molecule has 0 aromatic carbocycles. The molecule has 2 saturated carbocycles. The highest BCUT2D eigenvalue weighted by molar-refractivity contribution is 4.91. The summed E-state index contributed by atoms with van der Waals surface area (Å²) in [4.78, 5) is 0. The van der Waals surface area contributed by atoms with E-state index in [1.54, 1.807) is 6.42 Å². The molecule has 4 atom stereocenters. The first-order valence-corrected chi connectivity index (χ1v) is 6.94. The molecular formula is C14H27N. The fraction of sp³-hybridized carbons (Fsp3) is 1.00. The van der Waals surface area contributed by atoms with Crippen molar-refractivity contribution in [2.45, 2.75) is 58.9 Å². The maximum Gasteiger partial charge on any atom is 0.00875 e. The molecule has 2 aliphatic rings. The van der Waals surface area contributed by atoms with Crippen LogP contribution in [0.5, 0.6) is 0 Å². The Hall–Kier alpha value is -0.0400. The van der Waals surface area contributed by atoms with Crippen LogP contribution in [-0.4, -0.2) is 12.6 Å². The van der Waals surface area contributed by atoms with E-state index in [4.69, 9.17) is 0 Å². The van der Waals surface area contributed by atoms with Crippen LogP contribution in [0.4, 0.5) is 0 Å². The van der Waals surface area contributed by atoms with E-state index in [1.165, 1.54) is 32.2 Å². The first kappa shape index (κ1) is 11.4. The van der Waals surface area contributed by atoms with E-state index < -0.39 is 0 Å². The largest absolute Gasteiger partial charge is 0.313 e. The molecule has 2 rings (SSSR count). The Morgan fingerprint density at radius 2 is 2.00 bits per heavy atom. The minimum Gasteiger partial charge on any atom is -0.313 e. The third-order valence-electron chi connectivity index (χ3n) is 4.77. The first-order valence-electron chi connectivity index (χ1n) is 6.94. The van der Waals surface area contributed by atoms with Gasteiger partial charge in [-0.1, -0.05) is 27.2 Å². The fourth-order valence-corrected chi connectivity index (χ4v) is 3.78. The van der Waals surface area contributed by atoms with Crippen molar-refractivity contribution < 1.29 is 0 Å². The Balaban J connectivity index is 1.73. The minimum atomic E-state index is 0.740. The normalized spacial score (nSPS) is 36.4. The van der Waals surface area contributed by atoms with Gasteiger partial charge in [-0.15, -0.1) is 0 Å². The summed E-state index contributed by atoms with van der Waals surface area (Å²) in [6.07, 6.45) is 7.40. The van der Waals surface area contributed by atoms with Gasteiger partial charge in [-0.25, -0.2) is 0 Å². The minimum absolute atomic E-state index is 0.740. The van der Waals surface area contributed by atoms with Gasteiger partial charge in [0.1, 0.15) is 0 Å². The zero-order valence-electron chi connectivity index (χ0n) is 10.6. The van der Waals surface area contributed by atoms with Crippen LogP contribution in [0.15, 0.2) is 0 Å². The van der Waals surface area contributed by atoms with Gasteiger partial charge in [-0.2, -0.15) is 0 Å². The van der Waals surface area contributed by atoms with Gasteiger partial charge >= 0.3 is 0 Å². The molecule has 2 aliphatic carbocycles. The second-order valence-electron chi connectivity index (χ2n) is 6.10. The van der Waals surface area contributed by atoms with Crippen LogP contribution in [0.1, 0.15) is 52.9 Å². The van der Waals surface area contributed by atoms with Gasteiger partial charge in [-0.3, -0.25) is 0 Å². The van der Waals surface area contributed by atoms with Crippen molar-refractivity contribution in [2.24, 2.45) is 23.7 Å². The van der Waals surface area contributed by atoms with E-state index in [1.807, 2.05) is 0 Å². The van der Waals surface area contributed by atoms with Crippen LogP contribution in [0, 0.1) is 23.7 Å². The van der Waals surface area contributed by atoms with Crippen molar-refractivity contribution in [1.29, 1.82) is 0 Å². The molecule has 0 aromatic rings. The van der Waals surface area contributed by atoms with Gasteiger partial charge < -0.3 is 5.32 Å². The van der Waals surface area contributed by atoms with Crippen molar-refractivity contribution in [2.75, 3.05) is 6.54 Å². The van der Waals surface area contributed by atoms with Crippen LogP contribution in [0.3, 0.4) is 0 Å². The van der Waals surface area contributed by atoms with E-state index in [0.29, 0.717) is 0 Å². The van der Waals surface area contributed by atoms with E-state index in [-0.39, 0.29) is 0 Å². The molecule has 0 amide bonds. The molecule has 1 nitrogen and oxygen atoms in total. The summed E-state index contributed by atoms with van der Waals surface area (Å²) in [6, 6.07) is 0.740. The zero-order chi connectivity index (χ0) is 10.8. The molecule has 88 valence electrons. The Morgan fingerprint density at radius 1 is 1.20 bits per heavy atom. The van der Waals surface area contributed by atoms with Crippen molar-refractivity contribution in [3.05, 3.63) is 0 Å². The molecule has 1 heteroatoms. The maximum atomic E-state index is 3.80. The zero-order valence-corrected chi connectivity index (χ0v) is 10.6. The summed E-state index contributed by atoms with van der Waals surface area (Å²) < 4.78 is 0. The van der Waals surface area contributed by atoms with Gasteiger partial charge in [0.15, 0.2) is 0 Å². The average molecular weight is 209 g/mol. The lowest BCUT2D eigenvalue weighted by Crippen LogP contribution is -2.37. The SMILES string of the molecule is CCC(NCC1CC2CCC1C2)C(C)C. The molecule has 0 heterocycles.